The summed E-state index contributed by atoms with van der Waals surface area (Å²) < 4.78 is 6.46. The van der Waals surface area contributed by atoms with Gasteiger partial charge < -0.3 is 10.5 Å². The molecule has 0 aromatic carbocycles. The highest BCUT2D eigenvalue weighted by atomic mass is 16.5. The van der Waals surface area contributed by atoms with E-state index in [0.29, 0.717) is 12.3 Å². The quantitative estimate of drug-likeness (QED) is 0.732. The predicted octanol–water partition coefficient (Wildman–Crippen LogP) is 1.05. The van der Waals surface area contributed by atoms with E-state index in [9.17, 15) is 4.79 Å². The van der Waals surface area contributed by atoms with Crippen molar-refractivity contribution >= 4 is 11.7 Å². The molecule has 5 heteroatoms. The first kappa shape index (κ1) is 10.6. The Morgan fingerprint density at radius 3 is 2.93 bits per heavy atom. The monoisotopic (exact) mass is 197 g/mol. The number of aromatic nitrogens is 2. The molecule has 0 saturated carbocycles. The molecule has 0 aliphatic carbocycles. The summed E-state index contributed by atoms with van der Waals surface area (Å²) in [7, 11) is 0. The van der Waals surface area contributed by atoms with Crippen molar-refractivity contribution in [1.29, 1.82) is 0 Å². The van der Waals surface area contributed by atoms with Crippen LogP contribution < -0.4 is 5.73 Å². The van der Waals surface area contributed by atoms with Crippen LogP contribution in [0.1, 0.15) is 30.8 Å². The molecule has 0 spiro atoms. The van der Waals surface area contributed by atoms with E-state index in [1.165, 1.54) is 0 Å². The van der Waals surface area contributed by atoms with Gasteiger partial charge in [-0.3, -0.25) is 4.68 Å². The molecule has 14 heavy (non-hydrogen) atoms. The molecule has 0 atom stereocenters. The van der Waals surface area contributed by atoms with E-state index in [4.69, 9.17) is 10.5 Å². The third kappa shape index (κ3) is 2.25. The highest BCUT2D eigenvalue weighted by molar-refractivity contribution is 5.92. The van der Waals surface area contributed by atoms with Gasteiger partial charge in [-0.2, -0.15) is 5.10 Å². The Labute approximate surface area is 82.8 Å². The van der Waals surface area contributed by atoms with Crippen LogP contribution in [0.15, 0.2) is 6.20 Å². The number of nitrogens with two attached hydrogens (primary N) is 1. The van der Waals surface area contributed by atoms with Gasteiger partial charge in [0.2, 0.25) is 0 Å². The third-order valence-corrected chi connectivity index (χ3v) is 1.71. The van der Waals surface area contributed by atoms with Gasteiger partial charge in [0.25, 0.3) is 0 Å². The molecule has 0 saturated heterocycles. The van der Waals surface area contributed by atoms with Crippen LogP contribution in [0.3, 0.4) is 0 Å². The van der Waals surface area contributed by atoms with E-state index in [1.807, 2.05) is 6.92 Å². The van der Waals surface area contributed by atoms with Crippen molar-refractivity contribution in [2.75, 3.05) is 12.3 Å². The molecule has 0 aliphatic rings. The zero-order chi connectivity index (χ0) is 10.6. The van der Waals surface area contributed by atoms with Crippen LogP contribution in [-0.2, 0) is 11.3 Å². The van der Waals surface area contributed by atoms with Gasteiger partial charge in [0.15, 0.2) is 5.69 Å². The maximum Gasteiger partial charge on any atom is 0.361 e. The second-order valence-corrected chi connectivity index (χ2v) is 2.92. The molecule has 1 aromatic rings. The van der Waals surface area contributed by atoms with E-state index in [1.54, 1.807) is 17.8 Å². The first-order chi connectivity index (χ1) is 6.69. The smallest absolute Gasteiger partial charge is 0.361 e. The molecular weight excluding hydrogens is 182 g/mol. The lowest BCUT2D eigenvalue weighted by Crippen LogP contribution is -2.08. The van der Waals surface area contributed by atoms with Gasteiger partial charge in [-0.15, -0.1) is 0 Å². The Balaban J connectivity index is 2.81. The van der Waals surface area contributed by atoms with Crippen LogP contribution >= 0.6 is 0 Å². The van der Waals surface area contributed by atoms with E-state index < -0.39 is 5.97 Å². The largest absolute Gasteiger partial charge is 0.461 e. The van der Waals surface area contributed by atoms with Crippen LogP contribution in [0.4, 0.5) is 5.69 Å². The van der Waals surface area contributed by atoms with Gasteiger partial charge in [-0.25, -0.2) is 4.79 Å². The molecule has 0 unspecified atom stereocenters. The van der Waals surface area contributed by atoms with E-state index in [0.717, 1.165) is 13.0 Å². The summed E-state index contributed by atoms with van der Waals surface area (Å²) in [6.07, 6.45) is 2.60. The number of nitrogen functional groups attached to an aromatic ring is 1. The standard InChI is InChI=1S/C9H15N3O2/c1-3-5-12-6-7(10)8(11-12)9(13)14-4-2/h6H,3-5,10H2,1-2H3. The fourth-order valence-corrected chi connectivity index (χ4v) is 1.14. The van der Waals surface area contributed by atoms with Gasteiger partial charge in [-0.05, 0) is 13.3 Å². The Bertz CT molecular complexity index is 320. The summed E-state index contributed by atoms with van der Waals surface area (Å²) in [6.45, 7) is 4.86. The lowest BCUT2D eigenvalue weighted by Gasteiger charge is -1.98. The molecule has 0 fully saturated rings. The zero-order valence-electron chi connectivity index (χ0n) is 8.49. The number of hydrogen-bond acceptors (Lipinski definition) is 4. The van der Waals surface area contributed by atoms with Crippen LogP contribution in [0.5, 0.6) is 0 Å². The Kier molecular flexibility index (Phi) is 3.50. The molecule has 1 heterocycles. The number of hydrogen-bond donors (Lipinski definition) is 1. The summed E-state index contributed by atoms with van der Waals surface area (Å²) in [5.74, 6) is -0.458. The molecule has 0 aliphatic heterocycles. The maximum absolute atomic E-state index is 11.3. The summed E-state index contributed by atoms with van der Waals surface area (Å²) in [6, 6.07) is 0. The van der Waals surface area contributed by atoms with Gasteiger partial charge in [0.1, 0.15) is 0 Å². The van der Waals surface area contributed by atoms with Crippen molar-refractivity contribution in [3.8, 4) is 0 Å². The maximum atomic E-state index is 11.3. The van der Waals surface area contributed by atoms with E-state index >= 15 is 0 Å². The number of carbonyl (C=O) groups excluding carboxylic acids is 1. The average Bonchev–Trinajstić information content (AvgIpc) is 2.48. The highest BCUT2D eigenvalue weighted by Crippen LogP contribution is 2.10. The lowest BCUT2D eigenvalue weighted by molar-refractivity contribution is 0.0519. The average molecular weight is 197 g/mol. The van der Waals surface area contributed by atoms with Crippen LogP contribution in [-0.4, -0.2) is 22.4 Å². The van der Waals surface area contributed by atoms with Crippen molar-refractivity contribution in [3.63, 3.8) is 0 Å². The number of rotatable bonds is 4. The van der Waals surface area contributed by atoms with Crippen LogP contribution in [0.2, 0.25) is 0 Å². The molecule has 5 nitrogen and oxygen atoms in total. The van der Waals surface area contributed by atoms with Crippen LogP contribution in [0, 0.1) is 0 Å². The van der Waals surface area contributed by atoms with Crippen molar-refractivity contribution in [2.24, 2.45) is 0 Å². The Hall–Kier alpha value is -1.52. The summed E-state index contributed by atoms with van der Waals surface area (Å²) >= 11 is 0. The minimum absolute atomic E-state index is 0.209. The fourth-order valence-electron chi connectivity index (χ4n) is 1.14. The van der Waals surface area contributed by atoms with Gasteiger partial charge in [0, 0.05) is 12.7 Å². The first-order valence-corrected chi connectivity index (χ1v) is 4.69. The second-order valence-electron chi connectivity index (χ2n) is 2.92. The third-order valence-electron chi connectivity index (χ3n) is 1.71. The molecule has 0 bridgehead atoms. The van der Waals surface area contributed by atoms with Crippen molar-refractivity contribution in [1.82, 2.24) is 9.78 Å². The molecule has 0 amide bonds. The predicted molar refractivity (Wildman–Crippen MR) is 52.9 cm³/mol. The van der Waals surface area contributed by atoms with Crippen molar-refractivity contribution in [3.05, 3.63) is 11.9 Å². The minimum atomic E-state index is -0.458. The Morgan fingerprint density at radius 2 is 2.36 bits per heavy atom. The fraction of sp³-hybridized carbons (Fsp3) is 0.556. The lowest BCUT2D eigenvalue weighted by atomic mass is 10.4. The van der Waals surface area contributed by atoms with E-state index in [-0.39, 0.29) is 5.69 Å². The topological polar surface area (TPSA) is 70.1 Å². The molecule has 1 aromatic heterocycles. The number of aryl methyl sites for hydroxylation is 1. The molecule has 1 rings (SSSR count). The molecular formula is C9H15N3O2. The SMILES string of the molecule is CCCn1cc(N)c(C(=O)OCC)n1. The number of carbonyl (C=O) groups is 1. The number of nitrogens with zero attached hydrogens (tertiary/aromatic N) is 2. The molecule has 78 valence electrons. The molecule has 0 radical (unpaired) electrons. The second kappa shape index (κ2) is 4.64. The van der Waals surface area contributed by atoms with Gasteiger partial charge in [0.05, 0.1) is 12.3 Å². The minimum Gasteiger partial charge on any atom is -0.461 e. The van der Waals surface area contributed by atoms with E-state index in [2.05, 4.69) is 5.10 Å². The number of esters is 1. The van der Waals surface area contributed by atoms with Crippen LogP contribution in [0.25, 0.3) is 0 Å². The Morgan fingerprint density at radius 1 is 1.64 bits per heavy atom. The number of ether oxygens (including phenoxy) is 1. The number of anilines is 1. The van der Waals surface area contributed by atoms with Crippen molar-refractivity contribution in [2.45, 2.75) is 26.8 Å². The summed E-state index contributed by atoms with van der Waals surface area (Å²) in [5.41, 5.74) is 6.20. The highest BCUT2D eigenvalue weighted by Gasteiger charge is 2.15. The van der Waals surface area contributed by atoms with Crippen molar-refractivity contribution < 1.29 is 9.53 Å². The first-order valence-electron chi connectivity index (χ1n) is 4.69. The molecule has 2 N–H and O–H groups in total. The van der Waals surface area contributed by atoms with Gasteiger partial charge in [-0.1, -0.05) is 6.92 Å². The summed E-state index contributed by atoms with van der Waals surface area (Å²) in [5, 5.41) is 4.04. The normalized spacial score (nSPS) is 10.1. The van der Waals surface area contributed by atoms with Gasteiger partial charge >= 0.3 is 5.97 Å². The zero-order valence-corrected chi connectivity index (χ0v) is 8.49. The summed E-state index contributed by atoms with van der Waals surface area (Å²) in [4.78, 5) is 11.3.